The normalized spacial score (nSPS) is 13.1. The van der Waals surface area contributed by atoms with Crippen LogP contribution in [0.25, 0.3) is 0 Å². The molecule has 0 aromatic heterocycles. The van der Waals surface area contributed by atoms with Gasteiger partial charge in [0.25, 0.3) is 0 Å². The van der Waals surface area contributed by atoms with Crippen molar-refractivity contribution in [2.75, 3.05) is 0 Å². The van der Waals surface area contributed by atoms with Gasteiger partial charge in [0.1, 0.15) is 5.17 Å². The lowest BCUT2D eigenvalue weighted by molar-refractivity contribution is 0.601. The highest BCUT2D eigenvalue weighted by atomic mass is 35.5. The highest BCUT2D eigenvalue weighted by Gasteiger charge is 2.16. The van der Waals surface area contributed by atoms with Crippen LogP contribution in [0.5, 0.6) is 0 Å². The van der Waals surface area contributed by atoms with E-state index in [-0.39, 0.29) is 5.41 Å². The Balaban J connectivity index is 2.90. The van der Waals surface area contributed by atoms with Crippen LogP contribution < -0.4 is 0 Å². The number of rotatable bonds is 1. The van der Waals surface area contributed by atoms with E-state index in [0.29, 0.717) is 5.17 Å². The molecule has 0 N–H and O–H groups in total. The first-order valence-electron chi connectivity index (χ1n) is 4.30. The summed E-state index contributed by atoms with van der Waals surface area (Å²) in [5, 5.41) is 0.638. The minimum atomic E-state index is -0.0720. The summed E-state index contributed by atoms with van der Waals surface area (Å²) < 4.78 is 0. The Labute approximate surface area is 84.5 Å². The summed E-state index contributed by atoms with van der Waals surface area (Å²) in [5.41, 5.74) is 0.833. The summed E-state index contributed by atoms with van der Waals surface area (Å²) in [4.78, 5) is 4.31. The number of para-hydroxylation sites is 1. The molecule has 1 nitrogen and oxygen atoms in total. The van der Waals surface area contributed by atoms with Crippen molar-refractivity contribution in [2.24, 2.45) is 10.4 Å². The predicted molar refractivity (Wildman–Crippen MR) is 58.8 cm³/mol. The number of benzene rings is 1. The minimum Gasteiger partial charge on any atom is -0.241 e. The van der Waals surface area contributed by atoms with E-state index in [4.69, 9.17) is 11.6 Å². The zero-order valence-corrected chi connectivity index (χ0v) is 8.97. The monoisotopic (exact) mass is 195 g/mol. The van der Waals surface area contributed by atoms with Gasteiger partial charge in [-0.25, -0.2) is 4.99 Å². The molecule has 13 heavy (non-hydrogen) atoms. The van der Waals surface area contributed by atoms with Crippen LogP contribution in [0.3, 0.4) is 0 Å². The number of hydrogen-bond acceptors (Lipinski definition) is 1. The quantitative estimate of drug-likeness (QED) is 0.601. The van der Waals surface area contributed by atoms with Crippen LogP contribution in [0.2, 0.25) is 0 Å². The summed E-state index contributed by atoms with van der Waals surface area (Å²) >= 11 is 6.04. The van der Waals surface area contributed by atoms with Crippen molar-refractivity contribution in [2.45, 2.75) is 20.8 Å². The van der Waals surface area contributed by atoms with E-state index >= 15 is 0 Å². The molecule has 2 heteroatoms. The molecule has 1 rings (SSSR count). The topological polar surface area (TPSA) is 12.4 Å². The molecular formula is C11H14ClN. The maximum Gasteiger partial charge on any atom is 0.112 e. The highest BCUT2D eigenvalue weighted by molar-refractivity contribution is 6.66. The van der Waals surface area contributed by atoms with Gasteiger partial charge in [-0.15, -0.1) is 0 Å². The molecule has 0 aliphatic rings. The standard InChI is InChI=1S/C11H14ClN/c1-11(2,3)10(12)13-9-7-5-4-6-8-9/h4-8H,1-3H3. The molecule has 0 spiro atoms. The first-order valence-corrected chi connectivity index (χ1v) is 4.67. The second-order valence-electron chi connectivity index (χ2n) is 3.99. The number of nitrogens with zero attached hydrogens (tertiary/aromatic N) is 1. The molecule has 0 aliphatic heterocycles. The molecule has 0 atom stereocenters. The van der Waals surface area contributed by atoms with Gasteiger partial charge < -0.3 is 0 Å². The molecular weight excluding hydrogens is 182 g/mol. The summed E-state index contributed by atoms with van der Waals surface area (Å²) in [5.74, 6) is 0. The van der Waals surface area contributed by atoms with Crippen LogP contribution >= 0.6 is 11.6 Å². The van der Waals surface area contributed by atoms with E-state index in [1.54, 1.807) is 0 Å². The molecule has 0 saturated carbocycles. The maximum absolute atomic E-state index is 6.04. The van der Waals surface area contributed by atoms with Crippen molar-refractivity contribution < 1.29 is 0 Å². The van der Waals surface area contributed by atoms with Crippen LogP contribution in [0, 0.1) is 5.41 Å². The molecule has 0 bridgehead atoms. The van der Waals surface area contributed by atoms with Gasteiger partial charge in [-0.2, -0.15) is 0 Å². The molecule has 1 aromatic rings. The lowest BCUT2D eigenvalue weighted by Gasteiger charge is -2.15. The summed E-state index contributed by atoms with van der Waals surface area (Å²) in [7, 11) is 0. The van der Waals surface area contributed by atoms with Crippen LogP contribution in [-0.2, 0) is 0 Å². The Bertz CT molecular complexity index is 296. The molecule has 0 radical (unpaired) electrons. The van der Waals surface area contributed by atoms with Crippen LogP contribution in [0.1, 0.15) is 20.8 Å². The lowest BCUT2D eigenvalue weighted by atomic mass is 9.99. The third-order valence-electron chi connectivity index (χ3n) is 1.60. The van der Waals surface area contributed by atoms with Crippen molar-refractivity contribution in [3.63, 3.8) is 0 Å². The van der Waals surface area contributed by atoms with Crippen LogP contribution in [-0.4, -0.2) is 5.17 Å². The van der Waals surface area contributed by atoms with Crippen LogP contribution in [0.4, 0.5) is 5.69 Å². The van der Waals surface area contributed by atoms with Crippen molar-refractivity contribution >= 4 is 22.5 Å². The first-order chi connectivity index (χ1) is 6.00. The average Bonchev–Trinajstić information content (AvgIpc) is 2.04. The van der Waals surface area contributed by atoms with Crippen LogP contribution in [0.15, 0.2) is 35.3 Å². The Morgan fingerprint density at radius 2 is 1.69 bits per heavy atom. The van der Waals surface area contributed by atoms with E-state index in [9.17, 15) is 0 Å². The van der Waals surface area contributed by atoms with E-state index in [1.807, 2.05) is 51.1 Å². The summed E-state index contributed by atoms with van der Waals surface area (Å²) in [6.45, 7) is 6.13. The molecule has 0 aliphatic carbocycles. The second kappa shape index (κ2) is 3.93. The SMILES string of the molecule is CC(C)(C)C(Cl)=Nc1ccccc1. The van der Waals surface area contributed by atoms with Gasteiger partial charge in [0.2, 0.25) is 0 Å². The zero-order valence-electron chi connectivity index (χ0n) is 8.21. The van der Waals surface area contributed by atoms with Crippen molar-refractivity contribution in [1.29, 1.82) is 0 Å². The predicted octanol–water partition coefficient (Wildman–Crippen LogP) is 4.00. The highest BCUT2D eigenvalue weighted by Crippen LogP contribution is 2.22. The van der Waals surface area contributed by atoms with Crippen molar-refractivity contribution in [3.05, 3.63) is 30.3 Å². The fourth-order valence-electron chi connectivity index (χ4n) is 0.784. The Kier molecular flexibility index (Phi) is 3.10. The van der Waals surface area contributed by atoms with Crippen molar-refractivity contribution in [3.8, 4) is 0 Å². The summed E-state index contributed by atoms with van der Waals surface area (Å²) in [6.07, 6.45) is 0. The van der Waals surface area contributed by atoms with Gasteiger partial charge in [0, 0.05) is 5.41 Å². The van der Waals surface area contributed by atoms with E-state index in [2.05, 4.69) is 4.99 Å². The Hall–Kier alpha value is -0.820. The fraction of sp³-hybridized carbons (Fsp3) is 0.364. The fourth-order valence-corrected chi connectivity index (χ4v) is 0.881. The van der Waals surface area contributed by atoms with E-state index < -0.39 is 0 Å². The smallest absolute Gasteiger partial charge is 0.112 e. The summed E-state index contributed by atoms with van der Waals surface area (Å²) in [6, 6.07) is 9.74. The molecule has 70 valence electrons. The number of hydrogen-bond donors (Lipinski definition) is 0. The third kappa shape index (κ3) is 3.19. The van der Waals surface area contributed by atoms with Gasteiger partial charge in [0.05, 0.1) is 5.69 Å². The molecule has 1 aromatic carbocycles. The molecule has 0 amide bonds. The van der Waals surface area contributed by atoms with Gasteiger partial charge in [-0.1, -0.05) is 50.6 Å². The minimum absolute atomic E-state index is 0.0720. The number of halogens is 1. The largest absolute Gasteiger partial charge is 0.241 e. The van der Waals surface area contributed by atoms with Gasteiger partial charge >= 0.3 is 0 Å². The Morgan fingerprint density at radius 1 is 1.15 bits per heavy atom. The van der Waals surface area contributed by atoms with E-state index in [0.717, 1.165) is 5.69 Å². The van der Waals surface area contributed by atoms with E-state index in [1.165, 1.54) is 0 Å². The third-order valence-corrected chi connectivity index (χ3v) is 2.25. The second-order valence-corrected chi connectivity index (χ2v) is 4.35. The zero-order chi connectivity index (χ0) is 9.90. The lowest BCUT2D eigenvalue weighted by Crippen LogP contribution is -2.13. The first kappa shape index (κ1) is 10.3. The van der Waals surface area contributed by atoms with Crippen molar-refractivity contribution in [1.82, 2.24) is 0 Å². The maximum atomic E-state index is 6.04. The average molecular weight is 196 g/mol. The molecule has 0 heterocycles. The van der Waals surface area contributed by atoms with Gasteiger partial charge in [0.15, 0.2) is 0 Å². The van der Waals surface area contributed by atoms with Gasteiger partial charge in [-0.05, 0) is 12.1 Å². The Morgan fingerprint density at radius 3 is 2.15 bits per heavy atom. The molecule has 0 fully saturated rings. The molecule has 0 saturated heterocycles. The number of aliphatic imine (C=N–C) groups is 1. The molecule has 0 unspecified atom stereocenters. The van der Waals surface area contributed by atoms with Gasteiger partial charge in [-0.3, -0.25) is 0 Å².